The predicted molar refractivity (Wildman–Crippen MR) is 76.4 cm³/mol. The first kappa shape index (κ1) is 13.7. The molecule has 19 heavy (non-hydrogen) atoms. The molecule has 0 amide bonds. The minimum absolute atomic E-state index is 0.491. The second-order valence-electron chi connectivity index (χ2n) is 4.13. The molecule has 0 unspecified atom stereocenters. The molecule has 0 aliphatic heterocycles. The summed E-state index contributed by atoms with van der Waals surface area (Å²) in [5.41, 5.74) is 2.92. The number of nitrogens with one attached hydrogen (secondary N) is 1. The Bertz CT molecular complexity index is 655. The number of aromatic nitrogens is 2. The second-order valence-corrected chi connectivity index (χ2v) is 4.91. The average molecular weight is 295 g/mol. The Hall–Kier alpha value is -1.70. The predicted octanol–water partition coefficient (Wildman–Crippen LogP) is 3.52. The molecular weight excluding hydrogens is 283 g/mol. The van der Waals surface area contributed by atoms with Crippen LogP contribution < -0.4 is 5.32 Å². The van der Waals surface area contributed by atoms with Crippen LogP contribution in [0.25, 0.3) is 0 Å². The van der Waals surface area contributed by atoms with Crippen molar-refractivity contribution in [1.29, 1.82) is 5.26 Å². The first-order chi connectivity index (χ1) is 9.02. The van der Waals surface area contributed by atoms with Gasteiger partial charge in [-0.25, -0.2) is 0 Å². The lowest BCUT2D eigenvalue weighted by Crippen LogP contribution is -2.06. The van der Waals surface area contributed by atoms with Crippen molar-refractivity contribution in [3.05, 3.63) is 45.2 Å². The van der Waals surface area contributed by atoms with E-state index in [4.69, 9.17) is 28.5 Å². The van der Waals surface area contributed by atoms with E-state index in [2.05, 4.69) is 16.5 Å². The molecule has 0 aliphatic carbocycles. The van der Waals surface area contributed by atoms with Crippen molar-refractivity contribution < 1.29 is 0 Å². The summed E-state index contributed by atoms with van der Waals surface area (Å²) >= 11 is 12.2. The van der Waals surface area contributed by atoms with Crippen LogP contribution in [0.15, 0.2) is 18.2 Å². The van der Waals surface area contributed by atoms with E-state index in [-0.39, 0.29) is 0 Å². The van der Waals surface area contributed by atoms with Crippen molar-refractivity contribution >= 4 is 28.9 Å². The first-order valence-electron chi connectivity index (χ1n) is 5.64. The van der Waals surface area contributed by atoms with Gasteiger partial charge in [0.25, 0.3) is 0 Å². The molecule has 0 fully saturated rings. The SMILES string of the molecule is Cc1nn(C)c(CNc2cc(C#N)ccc2Cl)c1Cl. The highest BCUT2D eigenvalue weighted by Crippen LogP contribution is 2.25. The van der Waals surface area contributed by atoms with Crippen LogP contribution in [-0.2, 0) is 13.6 Å². The molecule has 0 spiro atoms. The largest absolute Gasteiger partial charge is 0.378 e. The normalized spacial score (nSPS) is 10.3. The Morgan fingerprint density at radius 2 is 2.16 bits per heavy atom. The van der Waals surface area contributed by atoms with Gasteiger partial charge in [-0.05, 0) is 25.1 Å². The molecule has 0 atom stereocenters. The third kappa shape index (κ3) is 2.83. The van der Waals surface area contributed by atoms with Crippen LogP contribution >= 0.6 is 23.2 Å². The number of hydrogen-bond donors (Lipinski definition) is 1. The van der Waals surface area contributed by atoms with E-state index in [0.29, 0.717) is 27.8 Å². The molecule has 1 aromatic carbocycles. The fraction of sp³-hybridized carbons (Fsp3) is 0.231. The van der Waals surface area contributed by atoms with Gasteiger partial charge in [-0.15, -0.1) is 0 Å². The van der Waals surface area contributed by atoms with Crippen molar-refractivity contribution in [2.45, 2.75) is 13.5 Å². The number of rotatable bonds is 3. The highest BCUT2D eigenvalue weighted by atomic mass is 35.5. The van der Waals surface area contributed by atoms with E-state index >= 15 is 0 Å². The summed E-state index contributed by atoms with van der Waals surface area (Å²) in [4.78, 5) is 0. The highest BCUT2D eigenvalue weighted by molar-refractivity contribution is 6.33. The molecule has 2 aromatic rings. The number of nitrogens with zero attached hydrogens (tertiary/aromatic N) is 3. The Morgan fingerprint density at radius 1 is 1.42 bits per heavy atom. The molecule has 1 heterocycles. The molecule has 98 valence electrons. The lowest BCUT2D eigenvalue weighted by atomic mass is 10.2. The lowest BCUT2D eigenvalue weighted by Gasteiger charge is -2.09. The second kappa shape index (κ2) is 5.52. The molecule has 0 radical (unpaired) electrons. The monoisotopic (exact) mass is 294 g/mol. The van der Waals surface area contributed by atoms with Gasteiger partial charge in [0.2, 0.25) is 0 Å². The van der Waals surface area contributed by atoms with Gasteiger partial charge in [-0.2, -0.15) is 10.4 Å². The molecular formula is C13H12Cl2N4. The summed E-state index contributed by atoms with van der Waals surface area (Å²) in [6.45, 7) is 2.35. The van der Waals surface area contributed by atoms with Crippen LogP contribution in [-0.4, -0.2) is 9.78 Å². The maximum Gasteiger partial charge on any atom is 0.0992 e. The molecule has 0 aliphatic rings. The summed E-state index contributed by atoms with van der Waals surface area (Å²) in [6.07, 6.45) is 0. The van der Waals surface area contributed by atoms with E-state index < -0.39 is 0 Å². The maximum absolute atomic E-state index is 8.87. The van der Waals surface area contributed by atoms with E-state index in [1.54, 1.807) is 22.9 Å². The molecule has 0 saturated heterocycles. The summed E-state index contributed by atoms with van der Waals surface area (Å²) in [6, 6.07) is 7.15. The topological polar surface area (TPSA) is 53.6 Å². The van der Waals surface area contributed by atoms with Crippen LogP contribution in [0.5, 0.6) is 0 Å². The van der Waals surface area contributed by atoms with Crippen LogP contribution in [0.4, 0.5) is 5.69 Å². The van der Waals surface area contributed by atoms with Gasteiger partial charge in [0.15, 0.2) is 0 Å². The van der Waals surface area contributed by atoms with Crippen molar-refractivity contribution in [2.75, 3.05) is 5.32 Å². The summed E-state index contributed by atoms with van der Waals surface area (Å²) in [5.74, 6) is 0. The highest BCUT2D eigenvalue weighted by Gasteiger charge is 2.11. The van der Waals surface area contributed by atoms with Crippen molar-refractivity contribution in [3.63, 3.8) is 0 Å². The van der Waals surface area contributed by atoms with E-state index in [1.807, 2.05) is 14.0 Å². The van der Waals surface area contributed by atoms with Gasteiger partial charge in [-0.3, -0.25) is 4.68 Å². The Balaban J connectivity index is 2.21. The minimum Gasteiger partial charge on any atom is -0.378 e. The summed E-state index contributed by atoms with van der Waals surface area (Å²) < 4.78 is 1.73. The van der Waals surface area contributed by atoms with E-state index in [0.717, 1.165) is 11.4 Å². The molecule has 4 nitrogen and oxygen atoms in total. The zero-order valence-corrected chi connectivity index (χ0v) is 12.0. The summed E-state index contributed by atoms with van der Waals surface area (Å²) in [7, 11) is 1.84. The number of halogens is 2. The molecule has 0 saturated carbocycles. The smallest absolute Gasteiger partial charge is 0.0992 e. The molecule has 2 rings (SSSR count). The standard InChI is InChI=1S/C13H12Cl2N4/c1-8-13(15)12(19(2)18-8)7-17-11-5-9(6-16)3-4-10(11)14/h3-5,17H,7H2,1-2H3. The number of benzene rings is 1. The summed E-state index contributed by atoms with van der Waals surface area (Å²) in [5, 5.41) is 17.5. The van der Waals surface area contributed by atoms with E-state index in [9.17, 15) is 0 Å². The van der Waals surface area contributed by atoms with Crippen LogP contribution in [0.3, 0.4) is 0 Å². The van der Waals surface area contributed by atoms with Crippen LogP contribution in [0.2, 0.25) is 10.0 Å². The zero-order valence-electron chi connectivity index (χ0n) is 10.5. The minimum atomic E-state index is 0.491. The number of anilines is 1. The lowest BCUT2D eigenvalue weighted by molar-refractivity contribution is 0.713. The van der Waals surface area contributed by atoms with Gasteiger partial charge >= 0.3 is 0 Å². The Labute approximate surface area is 121 Å². The molecule has 0 bridgehead atoms. The van der Waals surface area contributed by atoms with Crippen molar-refractivity contribution in [3.8, 4) is 6.07 Å². The van der Waals surface area contributed by atoms with Gasteiger partial charge in [-0.1, -0.05) is 23.2 Å². The van der Waals surface area contributed by atoms with Gasteiger partial charge in [0.05, 0.1) is 45.3 Å². The van der Waals surface area contributed by atoms with E-state index in [1.165, 1.54) is 0 Å². The van der Waals surface area contributed by atoms with Gasteiger partial charge in [0.1, 0.15) is 0 Å². The average Bonchev–Trinajstić information content (AvgIpc) is 2.63. The Morgan fingerprint density at radius 3 is 2.74 bits per heavy atom. The third-order valence-corrected chi connectivity index (χ3v) is 3.62. The zero-order chi connectivity index (χ0) is 14.0. The van der Waals surface area contributed by atoms with Crippen molar-refractivity contribution in [1.82, 2.24) is 9.78 Å². The Kier molecular flexibility index (Phi) is 3.98. The van der Waals surface area contributed by atoms with Crippen molar-refractivity contribution in [2.24, 2.45) is 7.05 Å². The third-order valence-electron chi connectivity index (χ3n) is 2.80. The number of nitriles is 1. The van der Waals surface area contributed by atoms with Crippen LogP contribution in [0, 0.1) is 18.3 Å². The fourth-order valence-corrected chi connectivity index (χ4v) is 2.19. The maximum atomic E-state index is 8.87. The number of aryl methyl sites for hydroxylation is 2. The molecule has 1 aromatic heterocycles. The first-order valence-corrected chi connectivity index (χ1v) is 6.40. The quantitative estimate of drug-likeness (QED) is 0.942. The van der Waals surface area contributed by atoms with Gasteiger partial charge < -0.3 is 5.32 Å². The van der Waals surface area contributed by atoms with Gasteiger partial charge in [0, 0.05) is 7.05 Å². The molecule has 1 N–H and O–H groups in total. The van der Waals surface area contributed by atoms with Crippen LogP contribution in [0.1, 0.15) is 17.0 Å². The fourth-order valence-electron chi connectivity index (χ4n) is 1.78. The number of hydrogen-bond acceptors (Lipinski definition) is 3. The molecule has 6 heteroatoms.